The second-order valence-corrected chi connectivity index (χ2v) is 16.6. The molecule has 4 heteroatoms. The summed E-state index contributed by atoms with van der Waals surface area (Å²) >= 11 is 1.75. The van der Waals surface area contributed by atoms with E-state index in [4.69, 9.17) is 14.4 Å². The highest BCUT2D eigenvalue weighted by atomic mass is 32.1. The van der Waals surface area contributed by atoms with Gasteiger partial charge in [-0.3, -0.25) is 0 Å². The summed E-state index contributed by atoms with van der Waals surface area (Å²) in [4.78, 5) is 10.7. The van der Waals surface area contributed by atoms with Gasteiger partial charge in [0.2, 0.25) is 0 Å². The van der Waals surface area contributed by atoms with E-state index in [9.17, 15) is 0 Å². The minimum absolute atomic E-state index is 0.0946. The molecule has 266 valence electrons. The summed E-state index contributed by atoms with van der Waals surface area (Å²) in [5, 5.41) is 3.36. The number of nitrogens with zero attached hydrogens (tertiary/aromatic N) is 2. The molecule has 0 amide bonds. The Morgan fingerprint density at radius 3 is 1.91 bits per heavy atom. The van der Waals surface area contributed by atoms with Crippen molar-refractivity contribution in [3.63, 3.8) is 0 Å². The fraction of sp³-hybridized carbons (Fsp3) is 0.115. The number of thiophene rings is 1. The minimum atomic E-state index is 0.0946. The van der Waals surface area contributed by atoms with Crippen molar-refractivity contribution in [2.24, 2.45) is 0 Å². The topological polar surface area (TPSA) is 38.9 Å². The molecule has 0 bridgehead atoms. The number of aromatic nitrogens is 2. The highest BCUT2D eigenvalue weighted by molar-refractivity contribution is 7.26. The number of hydrogen-bond acceptors (Lipinski definition) is 4. The van der Waals surface area contributed by atoms with Crippen LogP contribution in [0.15, 0.2) is 162 Å². The van der Waals surface area contributed by atoms with E-state index in [0.29, 0.717) is 5.82 Å². The summed E-state index contributed by atoms with van der Waals surface area (Å²) in [6.45, 7) is 0. The predicted molar refractivity (Wildman–Crippen MR) is 233 cm³/mol. The quantitative estimate of drug-likeness (QED) is 0.181. The van der Waals surface area contributed by atoms with Crippen molar-refractivity contribution in [3.8, 4) is 56.0 Å². The van der Waals surface area contributed by atoms with Gasteiger partial charge in [0.15, 0.2) is 5.82 Å². The zero-order chi connectivity index (χ0) is 36.8. The zero-order valence-corrected chi connectivity index (χ0v) is 31.6. The van der Waals surface area contributed by atoms with Gasteiger partial charge < -0.3 is 4.42 Å². The van der Waals surface area contributed by atoms with Crippen molar-refractivity contribution < 1.29 is 4.42 Å². The lowest BCUT2D eigenvalue weighted by Crippen LogP contribution is -2.27. The Balaban J connectivity index is 1.07. The zero-order valence-electron chi connectivity index (χ0n) is 30.8. The van der Waals surface area contributed by atoms with Crippen molar-refractivity contribution in [1.82, 2.24) is 9.97 Å². The Bertz CT molecular complexity index is 3170. The molecule has 10 aromatic rings. The van der Waals surface area contributed by atoms with E-state index in [1.165, 1.54) is 75.7 Å². The number of furan rings is 1. The average molecular weight is 737 g/mol. The number of rotatable bonds is 4. The monoisotopic (exact) mass is 736 g/mol. The SMILES string of the molecule is c1ccc(-c2ccc(-c3nc(-c4cccc5c4oc4c(-c6cccc7c6-c6ccccc6C76CCCCC6)cccc45)c4sc5ccccc5c4n3)cc2)cc1. The van der Waals surface area contributed by atoms with Gasteiger partial charge in [0.1, 0.15) is 11.2 Å². The molecule has 7 aromatic carbocycles. The van der Waals surface area contributed by atoms with E-state index in [-0.39, 0.29) is 5.41 Å². The number of fused-ring (bicyclic) bond motifs is 11. The maximum atomic E-state index is 7.19. The molecule has 0 saturated heterocycles. The number of para-hydroxylation sites is 2. The highest BCUT2D eigenvalue weighted by Gasteiger charge is 2.44. The van der Waals surface area contributed by atoms with E-state index < -0.39 is 0 Å². The van der Waals surface area contributed by atoms with Gasteiger partial charge in [-0.25, -0.2) is 9.97 Å². The highest BCUT2D eigenvalue weighted by Crippen LogP contribution is 2.58. The van der Waals surface area contributed by atoms with Gasteiger partial charge in [-0.1, -0.05) is 165 Å². The molecule has 2 aliphatic rings. The van der Waals surface area contributed by atoms with Crippen LogP contribution in [0.4, 0.5) is 0 Å². The Morgan fingerprint density at radius 1 is 0.464 bits per heavy atom. The van der Waals surface area contributed by atoms with Crippen LogP contribution < -0.4 is 0 Å². The maximum absolute atomic E-state index is 7.19. The summed E-state index contributed by atoms with van der Waals surface area (Å²) in [6, 6.07) is 57.0. The first-order chi connectivity index (χ1) is 27.7. The number of benzene rings is 7. The van der Waals surface area contributed by atoms with Gasteiger partial charge in [0.25, 0.3) is 0 Å². The minimum Gasteiger partial charge on any atom is -0.455 e. The first-order valence-corrected chi connectivity index (χ1v) is 20.6. The van der Waals surface area contributed by atoms with Crippen LogP contribution in [0.2, 0.25) is 0 Å². The summed E-state index contributed by atoms with van der Waals surface area (Å²) < 4.78 is 9.45. The van der Waals surface area contributed by atoms with Gasteiger partial charge >= 0.3 is 0 Å². The van der Waals surface area contributed by atoms with E-state index in [1.807, 2.05) is 0 Å². The Hall–Kier alpha value is -6.36. The molecule has 2 aliphatic carbocycles. The second-order valence-electron chi connectivity index (χ2n) is 15.5. The van der Waals surface area contributed by atoms with Gasteiger partial charge in [-0.05, 0) is 63.9 Å². The first-order valence-electron chi connectivity index (χ1n) is 19.8. The first kappa shape index (κ1) is 31.9. The van der Waals surface area contributed by atoms with E-state index >= 15 is 0 Å². The molecule has 0 N–H and O–H groups in total. The van der Waals surface area contributed by atoms with Crippen LogP contribution in [0.3, 0.4) is 0 Å². The standard InChI is InChI=1S/C52H36N2OS/c1-3-14-32(15-4-1)33-26-28-34(29-27-33)51-53-46-40-17-6-8-25-44(40)56-50(46)47(54-51)41-22-12-21-38-37-20-11-19-36(48(37)55-49(38)41)35-18-13-24-43-45(35)39-16-5-7-23-42(39)52(43)30-9-2-10-31-52/h1,3-8,11-29H,2,9-10,30-31H2. The molecule has 1 fully saturated rings. The third-order valence-electron chi connectivity index (χ3n) is 12.5. The van der Waals surface area contributed by atoms with E-state index in [1.54, 1.807) is 11.3 Å². The molecule has 1 spiro atoms. The fourth-order valence-corrected chi connectivity index (χ4v) is 11.1. The Kier molecular flexibility index (Phi) is 7.03. The molecule has 3 heterocycles. The lowest BCUT2D eigenvalue weighted by molar-refractivity contribution is 0.353. The molecule has 3 aromatic heterocycles. The molecule has 56 heavy (non-hydrogen) atoms. The van der Waals surface area contributed by atoms with E-state index in [2.05, 4.69) is 158 Å². The summed E-state index contributed by atoms with van der Waals surface area (Å²) in [5.74, 6) is 0.708. The van der Waals surface area contributed by atoms with Gasteiger partial charge in [0.05, 0.1) is 15.9 Å². The van der Waals surface area contributed by atoms with Crippen LogP contribution in [-0.4, -0.2) is 9.97 Å². The largest absolute Gasteiger partial charge is 0.455 e. The van der Waals surface area contributed by atoms with Gasteiger partial charge in [-0.15, -0.1) is 11.3 Å². The second kappa shape index (κ2) is 12.3. The van der Waals surface area contributed by atoms with E-state index in [0.717, 1.165) is 59.9 Å². The predicted octanol–water partition coefficient (Wildman–Crippen LogP) is 14.6. The van der Waals surface area contributed by atoms with Crippen LogP contribution in [0.25, 0.3) is 98.3 Å². The molecule has 0 aliphatic heterocycles. The molecular formula is C52H36N2OS. The Labute approximate surface area is 328 Å². The van der Waals surface area contributed by atoms with Crippen LogP contribution in [0.5, 0.6) is 0 Å². The third-order valence-corrected chi connectivity index (χ3v) is 13.7. The van der Waals surface area contributed by atoms with Crippen molar-refractivity contribution >= 4 is 53.6 Å². The molecule has 1 saturated carbocycles. The van der Waals surface area contributed by atoms with Crippen LogP contribution in [-0.2, 0) is 5.41 Å². The molecule has 3 nitrogen and oxygen atoms in total. The van der Waals surface area contributed by atoms with Crippen molar-refractivity contribution in [2.45, 2.75) is 37.5 Å². The number of hydrogen-bond donors (Lipinski definition) is 0. The average Bonchev–Trinajstić information content (AvgIpc) is 3.93. The van der Waals surface area contributed by atoms with Crippen molar-refractivity contribution in [2.75, 3.05) is 0 Å². The normalized spacial score (nSPS) is 14.6. The van der Waals surface area contributed by atoms with Crippen molar-refractivity contribution in [3.05, 3.63) is 169 Å². The lowest BCUT2D eigenvalue weighted by Gasteiger charge is -2.36. The lowest BCUT2D eigenvalue weighted by atomic mass is 9.68. The summed E-state index contributed by atoms with van der Waals surface area (Å²) in [7, 11) is 0. The smallest absolute Gasteiger partial charge is 0.160 e. The summed E-state index contributed by atoms with van der Waals surface area (Å²) in [5.41, 5.74) is 16.2. The van der Waals surface area contributed by atoms with Crippen LogP contribution >= 0.6 is 11.3 Å². The van der Waals surface area contributed by atoms with Crippen LogP contribution in [0.1, 0.15) is 43.2 Å². The fourth-order valence-electron chi connectivity index (χ4n) is 9.99. The molecule has 0 radical (unpaired) electrons. The molecule has 0 atom stereocenters. The summed E-state index contributed by atoms with van der Waals surface area (Å²) in [6.07, 6.45) is 6.29. The molecule has 12 rings (SSSR count). The van der Waals surface area contributed by atoms with Crippen molar-refractivity contribution in [1.29, 1.82) is 0 Å². The Morgan fingerprint density at radius 2 is 1.07 bits per heavy atom. The van der Waals surface area contributed by atoms with Crippen LogP contribution in [0, 0.1) is 0 Å². The van der Waals surface area contributed by atoms with Gasteiger partial charge in [0, 0.05) is 43.0 Å². The third kappa shape index (κ3) is 4.63. The molecular weight excluding hydrogens is 701 g/mol. The van der Waals surface area contributed by atoms with Gasteiger partial charge in [-0.2, -0.15) is 0 Å². The molecule has 0 unspecified atom stereocenters. The maximum Gasteiger partial charge on any atom is 0.160 e.